The van der Waals surface area contributed by atoms with E-state index >= 15 is 0 Å². The molecule has 4 atom stereocenters. The number of piperidine rings is 1. The van der Waals surface area contributed by atoms with Crippen LogP contribution in [0.5, 0.6) is 5.75 Å². The van der Waals surface area contributed by atoms with E-state index in [1.54, 1.807) is 20.0 Å². The lowest BCUT2D eigenvalue weighted by Gasteiger charge is -2.51. The molecule has 1 saturated heterocycles. The van der Waals surface area contributed by atoms with Crippen LogP contribution >= 0.6 is 0 Å². The fourth-order valence-corrected chi connectivity index (χ4v) is 3.55. The highest BCUT2D eigenvalue weighted by Gasteiger charge is 2.57. The van der Waals surface area contributed by atoms with Gasteiger partial charge < -0.3 is 20.9 Å². The number of carbonyl (C=O) groups is 2. The molecule has 0 aliphatic carbocycles. The number of ether oxygens (including phenoxy) is 1. The first-order valence-corrected chi connectivity index (χ1v) is 7.19. The third kappa shape index (κ3) is 1.81. The van der Waals surface area contributed by atoms with E-state index in [0.717, 1.165) is 0 Å². The molecule has 3 rings (SSSR count). The molecule has 0 radical (unpaired) electrons. The van der Waals surface area contributed by atoms with E-state index in [4.69, 9.17) is 10.5 Å². The summed E-state index contributed by atoms with van der Waals surface area (Å²) in [5.74, 6) is -2.21. The number of aromatic nitrogens is 1. The third-order valence-electron chi connectivity index (χ3n) is 4.88. The Balaban J connectivity index is 2.29. The first-order valence-electron chi connectivity index (χ1n) is 7.19. The molecule has 0 aromatic carbocycles. The highest BCUT2D eigenvalue weighted by Crippen LogP contribution is 2.52. The number of hydrogen-bond acceptors (Lipinski definition) is 5. The number of primary amides is 1. The van der Waals surface area contributed by atoms with Crippen LogP contribution in [0.15, 0.2) is 6.20 Å². The molecule has 4 N–H and O–H groups in total. The van der Waals surface area contributed by atoms with E-state index < -0.39 is 29.4 Å². The van der Waals surface area contributed by atoms with Gasteiger partial charge in [-0.3, -0.25) is 14.6 Å². The fraction of sp³-hybridized carbons (Fsp3) is 0.533. The molecule has 22 heavy (non-hydrogen) atoms. The zero-order valence-corrected chi connectivity index (χ0v) is 12.7. The van der Waals surface area contributed by atoms with E-state index in [9.17, 15) is 14.7 Å². The number of aliphatic hydroxyl groups is 1. The van der Waals surface area contributed by atoms with E-state index in [-0.39, 0.29) is 12.5 Å². The van der Waals surface area contributed by atoms with Gasteiger partial charge in [0.2, 0.25) is 11.8 Å². The first kappa shape index (κ1) is 14.8. The van der Waals surface area contributed by atoms with Crippen molar-refractivity contribution in [1.82, 2.24) is 10.3 Å². The van der Waals surface area contributed by atoms with E-state index in [1.165, 1.54) is 0 Å². The van der Waals surface area contributed by atoms with Gasteiger partial charge in [0.1, 0.15) is 11.7 Å². The smallest absolute Gasteiger partial charge is 0.236 e. The number of aryl methyl sites for hydroxylation is 1. The number of hydrogen-bond donors (Lipinski definition) is 3. The van der Waals surface area contributed by atoms with Crippen LogP contribution in [0.3, 0.4) is 0 Å². The predicted octanol–water partition coefficient (Wildman–Crippen LogP) is -0.0581. The maximum absolute atomic E-state index is 12.3. The van der Waals surface area contributed by atoms with E-state index in [0.29, 0.717) is 22.6 Å². The molecule has 1 aromatic heterocycles. The summed E-state index contributed by atoms with van der Waals surface area (Å²) in [7, 11) is 0. The number of nitrogens with two attached hydrogens (primary N) is 1. The number of amides is 2. The highest BCUT2D eigenvalue weighted by molar-refractivity contribution is 6.02. The van der Waals surface area contributed by atoms with Gasteiger partial charge in [-0.1, -0.05) is 6.92 Å². The maximum Gasteiger partial charge on any atom is 0.236 e. The number of carbonyl (C=O) groups excluding carboxylic acids is 2. The third-order valence-corrected chi connectivity index (χ3v) is 4.88. The number of rotatable bonds is 2. The normalized spacial score (nSPS) is 32.7. The highest BCUT2D eigenvalue weighted by atomic mass is 16.5. The molecular weight excluding hydrogens is 286 g/mol. The number of nitrogens with zero attached hydrogens (tertiary/aromatic N) is 1. The van der Waals surface area contributed by atoms with Crippen molar-refractivity contribution in [2.45, 2.75) is 39.0 Å². The minimum Gasteiger partial charge on any atom is -0.466 e. The zero-order chi connectivity index (χ0) is 16.2. The molecular formula is C15H19N3O4. The molecule has 0 saturated carbocycles. The molecule has 7 heteroatoms. The largest absolute Gasteiger partial charge is 0.466 e. The van der Waals surface area contributed by atoms with Gasteiger partial charge in [0, 0.05) is 29.2 Å². The Morgan fingerprint density at radius 1 is 1.59 bits per heavy atom. The molecule has 2 amide bonds. The van der Waals surface area contributed by atoms with Crippen LogP contribution in [-0.2, 0) is 16.2 Å². The van der Waals surface area contributed by atoms with E-state index in [1.807, 2.05) is 6.92 Å². The first-order chi connectivity index (χ1) is 10.3. The van der Waals surface area contributed by atoms with Gasteiger partial charge in [-0.2, -0.15) is 0 Å². The van der Waals surface area contributed by atoms with Gasteiger partial charge >= 0.3 is 0 Å². The van der Waals surface area contributed by atoms with Crippen molar-refractivity contribution in [2.24, 2.45) is 17.6 Å². The molecule has 2 bridgehead atoms. The second-order valence-corrected chi connectivity index (χ2v) is 6.16. The summed E-state index contributed by atoms with van der Waals surface area (Å²) in [6.07, 6.45) is 1.55. The van der Waals surface area contributed by atoms with Crippen LogP contribution in [0, 0.1) is 18.8 Å². The lowest BCUT2D eigenvalue weighted by molar-refractivity contribution is -0.152. The van der Waals surface area contributed by atoms with Crippen molar-refractivity contribution in [1.29, 1.82) is 0 Å². The van der Waals surface area contributed by atoms with Gasteiger partial charge in [0.05, 0.1) is 12.3 Å². The van der Waals surface area contributed by atoms with Crippen molar-refractivity contribution >= 4 is 11.8 Å². The molecule has 2 aliphatic heterocycles. The van der Waals surface area contributed by atoms with Crippen molar-refractivity contribution < 1.29 is 19.4 Å². The van der Waals surface area contributed by atoms with Crippen LogP contribution in [0.2, 0.25) is 0 Å². The summed E-state index contributed by atoms with van der Waals surface area (Å²) in [5.41, 5.74) is 6.41. The Morgan fingerprint density at radius 2 is 2.27 bits per heavy atom. The van der Waals surface area contributed by atoms with Crippen LogP contribution < -0.4 is 15.8 Å². The molecule has 0 spiro atoms. The summed E-state index contributed by atoms with van der Waals surface area (Å²) in [5, 5.41) is 12.4. The quantitative estimate of drug-likeness (QED) is 0.662. The Kier molecular flexibility index (Phi) is 3.14. The second-order valence-electron chi connectivity index (χ2n) is 6.16. The lowest BCUT2D eigenvalue weighted by atomic mass is 9.67. The standard InChI is InChI=1S/C15H19N3O4/c1-6-9-10-8(5-19)4-17-7(2)12(10)22-15(6,3)18-14(21)11(9)13(16)20/h4,6,9,11,19H,5H2,1-3H3,(H2,16,20)(H,18,21)/t6?,9-,11+,15-/m0/s1. The van der Waals surface area contributed by atoms with Crippen LogP contribution in [0.1, 0.15) is 36.6 Å². The van der Waals surface area contributed by atoms with Crippen molar-refractivity contribution in [3.8, 4) is 5.75 Å². The average Bonchev–Trinajstić information content (AvgIpc) is 2.43. The maximum atomic E-state index is 12.3. The molecule has 2 aliphatic rings. The molecule has 1 aromatic rings. The Morgan fingerprint density at radius 3 is 2.86 bits per heavy atom. The zero-order valence-electron chi connectivity index (χ0n) is 12.7. The van der Waals surface area contributed by atoms with Crippen LogP contribution in [0.25, 0.3) is 0 Å². The molecule has 1 unspecified atom stereocenters. The summed E-state index contributed by atoms with van der Waals surface area (Å²) in [6, 6.07) is 0. The molecule has 1 fully saturated rings. The van der Waals surface area contributed by atoms with Crippen LogP contribution in [-0.4, -0.2) is 27.6 Å². The summed E-state index contributed by atoms with van der Waals surface area (Å²) in [4.78, 5) is 28.4. The number of fused-ring (bicyclic) bond motifs is 4. The summed E-state index contributed by atoms with van der Waals surface area (Å²) >= 11 is 0. The van der Waals surface area contributed by atoms with Crippen molar-refractivity contribution in [3.63, 3.8) is 0 Å². The SMILES string of the molecule is Cc1ncc(CO)c2c1O[C@]1(C)NC(=O)[C@@H](C(N)=O)[C@H]2C1C. The van der Waals surface area contributed by atoms with E-state index in [2.05, 4.69) is 10.3 Å². The molecule has 3 heterocycles. The monoisotopic (exact) mass is 305 g/mol. The second kappa shape index (κ2) is 4.67. The minimum absolute atomic E-state index is 0.178. The fourth-order valence-electron chi connectivity index (χ4n) is 3.55. The Bertz CT molecular complexity index is 675. The minimum atomic E-state index is -0.988. The molecule has 118 valence electrons. The Hall–Kier alpha value is -2.15. The lowest BCUT2D eigenvalue weighted by Crippen LogP contribution is -2.67. The molecule has 7 nitrogen and oxygen atoms in total. The van der Waals surface area contributed by atoms with Gasteiger partial charge in [-0.15, -0.1) is 0 Å². The van der Waals surface area contributed by atoms with Gasteiger partial charge in [-0.25, -0.2) is 0 Å². The van der Waals surface area contributed by atoms with Gasteiger partial charge in [0.25, 0.3) is 0 Å². The van der Waals surface area contributed by atoms with Crippen LogP contribution in [0.4, 0.5) is 0 Å². The number of pyridine rings is 1. The average molecular weight is 305 g/mol. The summed E-state index contributed by atoms with van der Waals surface area (Å²) in [6.45, 7) is 5.22. The number of nitrogens with one attached hydrogen (secondary N) is 1. The predicted molar refractivity (Wildman–Crippen MR) is 76.7 cm³/mol. The van der Waals surface area contributed by atoms with Gasteiger partial charge in [0.15, 0.2) is 5.72 Å². The number of aliphatic hydroxyl groups excluding tert-OH is 1. The van der Waals surface area contributed by atoms with Crippen molar-refractivity contribution in [3.05, 3.63) is 23.0 Å². The van der Waals surface area contributed by atoms with Crippen molar-refractivity contribution in [2.75, 3.05) is 0 Å². The topological polar surface area (TPSA) is 115 Å². The Labute approximate surface area is 127 Å². The summed E-state index contributed by atoms with van der Waals surface area (Å²) < 4.78 is 6.02. The van der Waals surface area contributed by atoms with Gasteiger partial charge in [-0.05, 0) is 13.8 Å².